The maximum absolute atomic E-state index is 11.3. The zero-order valence-electron chi connectivity index (χ0n) is 10.4. The molecule has 1 amide bonds. The van der Waals surface area contributed by atoms with E-state index in [9.17, 15) is 4.79 Å². The zero-order valence-corrected chi connectivity index (χ0v) is 11.2. The first kappa shape index (κ1) is 12.0. The van der Waals surface area contributed by atoms with Crippen LogP contribution in [-0.2, 0) is 11.3 Å². The summed E-state index contributed by atoms with van der Waals surface area (Å²) in [6, 6.07) is 5.64. The zero-order chi connectivity index (χ0) is 13.2. The number of rotatable bonds is 3. The van der Waals surface area contributed by atoms with Crippen molar-refractivity contribution < 1.29 is 9.53 Å². The van der Waals surface area contributed by atoms with Crippen LogP contribution in [0.3, 0.4) is 0 Å². The van der Waals surface area contributed by atoms with Crippen LogP contribution in [0.2, 0.25) is 0 Å². The number of benzene rings is 1. The van der Waals surface area contributed by atoms with Gasteiger partial charge in [0.15, 0.2) is 6.61 Å². The SMILES string of the molecule is Cc1nc(CNc2ccc3c(c2)NC(=O)CO3)cs1. The molecule has 0 fully saturated rings. The Bertz CT molecular complexity index is 624. The van der Waals surface area contributed by atoms with Crippen LogP contribution >= 0.6 is 11.3 Å². The van der Waals surface area contributed by atoms with E-state index in [1.807, 2.05) is 30.5 Å². The number of nitrogens with zero attached hydrogens (tertiary/aromatic N) is 1. The fourth-order valence-electron chi connectivity index (χ4n) is 1.88. The van der Waals surface area contributed by atoms with E-state index in [-0.39, 0.29) is 12.5 Å². The summed E-state index contributed by atoms with van der Waals surface area (Å²) >= 11 is 1.63. The molecule has 1 aliphatic heterocycles. The average molecular weight is 275 g/mol. The summed E-state index contributed by atoms with van der Waals surface area (Å²) in [7, 11) is 0. The Hall–Kier alpha value is -2.08. The van der Waals surface area contributed by atoms with Gasteiger partial charge in [0, 0.05) is 11.1 Å². The minimum absolute atomic E-state index is 0.0812. The quantitative estimate of drug-likeness (QED) is 0.903. The van der Waals surface area contributed by atoms with Crippen LogP contribution in [0.5, 0.6) is 5.75 Å². The van der Waals surface area contributed by atoms with Crippen LogP contribution in [0.25, 0.3) is 0 Å². The number of ether oxygens (including phenoxy) is 1. The summed E-state index contributed by atoms with van der Waals surface area (Å²) < 4.78 is 5.31. The van der Waals surface area contributed by atoms with Crippen LogP contribution in [0, 0.1) is 6.92 Å². The molecule has 0 aliphatic carbocycles. The van der Waals surface area contributed by atoms with Crippen LogP contribution < -0.4 is 15.4 Å². The maximum Gasteiger partial charge on any atom is 0.262 e. The fraction of sp³-hybridized carbons (Fsp3) is 0.231. The van der Waals surface area contributed by atoms with Crippen molar-refractivity contribution in [3.05, 3.63) is 34.3 Å². The Labute approximate surface area is 114 Å². The number of carbonyl (C=O) groups excluding carboxylic acids is 1. The number of amides is 1. The average Bonchev–Trinajstić information content (AvgIpc) is 2.81. The van der Waals surface area contributed by atoms with Crippen molar-refractivity contribution in [3.8, 4) is 5.75 Å². The van der Waals surface area contributed by atoms with Gasteiger partial charge in [0.2, 0.25) is 0 Å². The lowest BCUT2D eigenvalue weighted by Crippen LogP contribution is -2.25. The van der Waals surface area contributed by atoms with Crippen LogP contribution in [-0.4, -0.2) is 17.5 Å². The Morgan fingerprint density at radius 2 is 2.42 bits per heavy atom. The van der Waals surface area contributed by atoms with Crippen molar-refractivity contribution in [3.63, 3.8) is 0 Å². The number of nitrogens with one attached hydrogen (secondary N) is 2. The third-order valence-electron chi connectivity index (χ3n) is 2.75. The second-order valence-electron chi connectivity index (χ2n) is 4.26. The molecule has 0 saturated carbocycles. The summed E-state index contributed by atoms with van der Waals surface area (Å²) in [5.41, 5.74) is 2.64. The highest BCUT2D eigenvalue weighted by Crippen LogP contribution is 2.30. The van der Waals surface area contributed by atoms with Crippen molar-refractivity contribution in [2.45, 2.75) is 13.5 Å². The van der Waals surface area contributed by atoms with E-state index in [0.717, 1.165) is 16.4 Å². The van der Waals surface area contributed by atoms with Crippen molar-refractivity contribution in [2.75, 3.05) is 17.2 Å². The molecule has 2 heterocycles. The van der Waals surface area contributed by atoms with Crippen molar-refractivity contribution >= 4 is 28.6 Å². The van der Waals surface area contributed by atoms with Gasteiger partial charge in [0.25, 0.3) is 5.91 Å². The van der Waals surface area contributed by atoms with Gasteiger partial charge in [0.1, 0.15) is 5.75 Å². The normalized spacial score (nSPS) is 13.4. The van der Waals surface area contributed by atoms with E-state index < -0.39 is 0 Å². The fourth-order valence-corrected chi connectivity index (χ4v) is 2.49. The van der Waals surface area contributed by atoms with E-state index in [1.165, 1.54) is 0 Å². The highest BCUT2D eigenvalue weighted by atomic mass is 32.1. The predicted octanol–water partition coefficient (Wildman–Crippen LogP) is 2.39. The summed E-state index contributed by atoms with van der Waals surface area (Å²) in [5.74, 6) is 0.578. The molecule has 19 heavy (non-hydrogen) atoms. The predicted molar refractivity (Wildman–Crippen MR) is 74.7 cm³/mol. The van der Waals surface area contributed by atoms with E-state index in [1.54, 1.807) is 11.3 Å². The van der Waals surface area contributed by atoms with Gasteiger partial charge in [-0.1, -0.05) is 0 Å². The van der Waals surface area contributed by atoms with Crippen LogP contribution in [0.4, 0.5) is 11.4 Å². The third-order valence-corrected chi connectivity index (χ3v) is 3.57. The van der Waals surface area contributed by atoms with E-state index >= 15 is 0 Å². The Morgan fingerprint density at radius 1 is 1.53 bits per heavy atom. The maximum atomic E-state index is 11.3. The van der Waals surface area contributed by atoms with Gasteiger partial charge in [-0.25, -0.2) is 4.98 Å². The first-order valence-electron chi connectivity index (χ1n) is 5.92. The minimum Gasteiger partial charge on any atom is -0.482 e. The molecular formula is C13H13N3O2S. The third kappa shape index (κ3) is 2.68. The molecule has 2 N–H and O–H groups in total. The first-order valence-corrected chi connectivity index (χ1v) is 6.80. The Kier molecular flexibility index (Phi) is 3.08. The molecular weight excluding hydrogens is 262 g/mol. The van der Waals surface area contributed by atoms with Gasteiger partial charge in [0.05, 0.1) is 22.9 Å². The number of aryl methyl sites for hydroxylation is 1. The van der Waals surface area contributed by atoms with Gasteiger partial charge in [-0.3, -0.25) is 4.79 Å². The molecule has 0 radical (unpaired) electrons. The molecule has 6 heteroatoms. The molecule has 2 aromatic rings. The van der Waals surface area contributed by atoms with Crippen LogP contribution in [0.15, 0.2) is 23.6 Å². The summed E-state index contributed by atoms with van der Waals surface area (Å²) in [6.45, 7) is 2.73. The number of aromatic nitrogens is 1. The Morgan fingerprint density at radius 3 is 3.21 bits per heavy atom. The molecule has 3 rings (SSSR count). The highest BCUT2D eigenvalue weighted by molar-refractivity contribution is 7.09. The lowest BCUT2D eigenvalue weighted by atomic mass is 10.2. The Balaban J connectivity index is 1.71. The first-order chi connectivity index (χ1) is 9.20. The molecule has 0 saturated heterocycles. The molecule has 0 atom stereocenters. The molecule has 1 aromatic carbocycles. The lowest BCUT2D eigenvalue weighted by molar-refractivity contribution is -0.118. The van der Waals surface area contributed by atoms with Gasteiger partial charge < -0.3 is 15.4 Å². The topological polar surface area (TPSA) is 63.2 Å². The number of hydrogen-bond acceptors (Lipinski definition) is 5. The largest absolute Gasteiger partial charge is 0.482 e. The second kappa shape index (κ2) is 4.89. The van der Waals surface area contributed by atoms with Gasteiger partial charge in [-0.15, -0.1) is 11.3 Å². The van der Waals surface area contributed by atoms with Crippen molar-refractivity contribution in [2.24, 2.45) is 0 Å². The van der Waals surface area contributed by atoms with Crippen LogP contribution in [0.1, 0.15) is 10.7 Å². The summed E-state index contributed by atoms with van der Waals surface area (Å²) in [6.07, 6.45) is 0. The van der Waals surface area contributed by atoms with E-state index in [2.05, 4.69) is 15.6 Å². The van der Waals surface area contributed by atoms with Gasteiger partial charge in [-0.2, -0.15) is 0 Å². The van der Waals surface area contributed by atoms with E-state index in [4.69, 9.17) is 4.74 Å². The standard InChI is InChI=1S/C13H13N3O2S/c1-8-15-10(7-19-8)5-14-9-2-3-12-11(4-9)16-13(17)6-18-12/h2-4,7,14H,5-6H2,1H3,(H,16,17). The highest BCUT2D eigenvalue weighted by Gasteiger charge is 2.15. The lowest BCUT2D eigenvalue weighted by Gasteiger charge is -2.18. The minimum atomic E-state index is -0.125. The number of carbonyl (C=O) groups is 1. The molecule has 1 aliphatic rings. The molecule has 1 aromatic heterocycles. The van der Waals surface area contributed by atoms with Gasteiger partial charge >= 0.3 is 0 Å². The molecule has 0 unspecified atom stereocenters. The smallest absolute Gasteiger partial charge is 0.262 e. The molecule has 0 bridgehead atoms. The number of thiazole rings is 1. The van der Waals surface area contributed by atoms with Crippen molar-refractivity contribution in [1.82, 2.24) is 4.98 Å². The molecule has 5 nitrogen and oxygen atoms in total. The molecule has 98 valence electrons. The van der Waals surface area contributed by atoms with E-state index in [0.29, 0.717) is 18.0 Å². The van der Waals surface area contributed by atoms with Crippen molar-refractivity contribution in [1.29, 1.82) is 0 Å². The summed E-state index contributed by atoms with van der Waals surface area (Å²) in [4.78, 5) is 15.6. The second-order valence-corrected chi connectivity index (χ2v) is 5.32. The number of anilines is 2. The molecule has 0 spiro atoms. The monoisotopic (exact) mass is 275 g/mol. The number of fused-ring (bicyclic) bond motifs is 1. The summed E-state index contributed by atoms with van der Waals surface area (Å²) in [5, 5.41) is 9.15. The van der Waals surface area contributed by atoms with Gasteiger partial charge in [-0.05, 0) is 25.1 Å². The number of hydrogen-bond donors (Lipinski definition) is 2.